The van der Waals surface area contributed by atoms with Crippen LogP contribution in [0.3, 0.4) is 0 Å². The minimum Gasteiger partial charge on any atom is -0.337 e. The van der Waals surface area contributed by atoms with Crippen molar-refractivity contribution in [2.75, 3.05) is 7.05 Å². The molecule has 2 aromatic heterocycles. The molecule has 1 aliphatic rings. The maximum absolute atomic E-state index is 13.6. The van der Waals surface area contributed by atoms with Gasteiger partial charge in [0.15, 0.2) is 0 Å². The van der Waals surface area contributed by atoms with Gasteiger partial charge in [-0.05, 0) is 36.6 Å². The van der Waals surface area contributed by atoms with Crippen LogP contribution >= 0.6 is 0 Å². The van der Waals surface area contributed by atoms with Gasteiger partial charge in [0, 0.05) is 30.8 Å². The van der Waals surface area contributed by atoms with Gasteiger partial charge in [-0.3, -0.25) is 4.79 Å². The van der Waals surface area contributed by atoms with Crippen molar-refractivity contribution in [1.29, 1.82) is 5.26 Å². The van der Waals surface area contributed by atoms with Crippen LogP contribution in [0.5, 0.6) is 0 Å². The van der Waals surface area contributed by atoms with E-state index in [9.17, 15) is 4.79 Å². The molecule has 0 unspecified atom stereocenters. The Balaban J connectivity index is 1.57. The number of aromatic nitrogens is 2. The van der Waals surface area contributed by atoms with Crippen molar-refractivity contribution in [2.24, 2.45) is 0 Å². The van der Waals surface area contributed by atoms with Gasteiger partial charge in [0.25, 0.3) is 11.6 Å². The number of hydrogen-bond acceptors (Lipinski definition) is 5. The van der Waals surface area contributed by atoms with Crippen LogP contribution in [0.1, 0.15) is 45.9 Å². The summed E-state index contributed by atoms with van der Waals surface area (Å²) in [5, 5.41) is 14.0. The molecule has 5 rings (SSSR count). The second-order valence-electron chi connectivity index (χ2n) is 7.92. The predicted octanol–water partition coefficient (Wildman–Crippen LogP) is 4.91. The maximum atomic E-state index is 13.6. The summed E-state index contributed by atoms with van der Waals surface area (Å²) in [6.45, 7) is 0.392. The van der Waals surface area contributed by atoms with E-state index in [4.69, 9.17) is 9.78 Å². The molecule has 0 atom stereocenters. The second kappa shape index (κ2) is 7.69. The number of pyridine rings is 1. The van der Waals surface area contributed by atoms with Gasteiger partial charge in [-0.25, -0.2) is 4.98 Å². The van der Waals surface area contributed by atoms with Crippen LogP contribution < -0.4 is 0 Å². The largest absolute Gasteiger partial charge is 0.337 e. The lowest BCUT2D eigenvalue weighted by atomic mass is 10.0. The summed E-state index contributed by atoms with van der Waals surface area (Å²) >= 11 is 0. The monoisotopic (exact) mass is 408 g/mol. The highest BCUT2D eigenvalue weighted by atomic mass is 16.5. The second-order valence-corrected chi connectivity index (χ2v) is 7.92. The maximum Gasteiger partial charge on any atom is 0.259 e. The summed E-state index contributed by atoms with van der Waals surface area (Å²) in [4.78, 5) is 19.9. The van der Waals surface area contributed by atoms with Gasteiger partial charge in [0.1, 0.15) is 5.69 Å². The van der Waals surface area contributed by atoms with E-state index in [0.29, 0.717) is 40.4 Å². The molecule has 2 aromatic carbocycles. The molecule has 6 heteroatoms. The summed E-state index contributed by atoms with van der Waals surface area (Å²) in [6.07, 6.45) is 2.14. The molecular formula is C25H20N4O2. The summed E-state index contributed by atoms with van der Waals surface area (Å²) in [5.41, 5.74) is 4.79. The van der Waals surface area contributed by atoms with Crippen LogP contribution in [0.25, 0.3) is 22.4 Å². The minimum atomic E-state index is -0.128. The smallest absolute Gasteiger partial charge is 0.259 e. The Morgan fingerprint density at radius 3 is 2.71 bits per heavy atom. The molecule has 31 heavy (non-hydrogen) atoms. The zero-order chi connectivity index (χ0) is 21.4. The summed E-state index contributed by atoms with van der Waals surface area (Å²) in [5.74, 6) is 0.246. The topological polar surface area (TPSA) is 83.0 Å². The number of rotatable bonds is 5. The summed E-state index contributed by atoms with van der Waals surface area (Å²) in [7, 11) is 1.76. The quantitative estimate of drug-likeness (QED) is 0.468. The summed E-state index contributed by atoms with van der Waals surface area (Å²) < 4.78 is 5.57. The van der Waals surface area contributed by atoms with Crippen molar-refractivity contribution in [2.45, 2.75) is 25.3 Å². The van der Waals surface area contributed by atoms with E-state index in [1.54, 1.807) is 24.1 Å². The zero-order valence-corrected chi connectivity index (χ0v) is 17.1. The molecule has 1 aliphatic carbocycles. The highest BCUT2D eigenvalue weighted by molar-refractivity contribution is 6.09. The van der Waals surface area contributed by atoms with E-state index in [-0.39, 0.29) is 5.91 Å². The number of nitrogens with zero attached hydrogens (tertiary/aromatic N) is 4. The Labute approximate surface area is 179 Å². The highest BCUT2D eigenvalue weighted by Crippen LogP contribution is 2.41. The molecule has 2 heterocycles. The first-order chi connectivity index (χ1) is 15.1. The van der Waals surface area contributed by atoms with Crippen molar-refractivity contribution in [3.63, 3.8) is 0 Å². The third-order valence-corrected chi connectivity index (χ3v) is 5.56. The fourth-order valence-corrected chi connectivity index (χ4v) is 3.81. The molecular weight excluding hydrogens is 388 g/mol. The standard InChI is InChI=1S/C25H20N4O2/c1-29(15-17-7-5-6-16(12-17)14-26)25(30)20-13-21(18-10-11-18)27-24-22(20)23(28-31-24)19-8-3-2-4-9-19/h2-9,12-13,18H,10-11,15H2,1H3. The SMILES string of the molecule is CN(Cc1cccc(C#N)c1)C(=O)c1cc(C2CC2)nc2onc(-c3ccccc3)c12. The van der Waals surface area contributed by atoms with Crippen molar-refractivity contribution >= 4 is 17.0 Å². The Hall–Kier alpha value is -3.98. The molecule has 0 N–H and O–H groups in total. The van der Waals surface area contributed by atoms with E-state index < -0.39 is 0 Å². The van der Waals surface area contributed by atoms with Gasteiger partial charge in [-0.1, -0.05) is 47.6 Å². The van der Waals surface area contributed by atoms with E-state index >= 15 is 0 Å². The van der Waals surface area contributed by atoms with Gasteiger partial charge < -0.3 is 9.42 Å². The van der Waals surface area contributed by atoms with E-state index in [2.05, 4.69) is 16.2 Å². The first kappa shape index (κ1) is 19.0. The average molecular weight is 408 g/mol. The Morgan fingerprint density at radius 2 is 1.97 bits per heavy atom. The van der Waals surface area contributed by atoms with E-state index in [1.807, 2.05) is 48.5 Å². The lowest BCUT2D eigenvalue weighted by Gasteiger charge is -2.18. The Morgan fingerprint density at radius 1 is 1.16 bits per heavy atom. The van der Waals surface area contributed by atoms with Crippen molar-refractivity contribution < 1.29 is 9.32 Å². The third kappa shape index (κ3) is 3.66. The van der Waals surface area contributed by atoms with Crippen LogP contribution in [0.15, 0.2) is 65.2 Å². The van der Waals surface area contributed by atoms with E-state index in [0.717, 1.165) is 29.7 Å². The normalized spacial score (nSPS) is 13.2. The Bertz CT molecular complexity index is 1320. The molecule has 0 saturated heterocycles. The fourth-order valence-electron chi connectivity index (χ4n) is 3.81. The summed E-state index contributed by atoms with van der Waals surface area (Å²) in [6, 6.07) is 21.0. The van der Waals surface area contributed by atoms with Crippen molar-refractivity contribution in [3.05, 3.63) is 83.0 Å². The van der Waals surface area contributed by atoms with Crippen LogP contribution in [-0.4, -0.2) is 28.0 Å². The number of carbonyl (C=O) groups excluding carboxylic acids is 1. The number of amides is 1. The fraction of sp³-hybridized carbons (Fsp3) is 0.200. The van der Waals surface area contributed by atoms with Crippen molar-refractivity contribution in [3.8, 4) is 17.3 Å². The van der Waals surface area contributed by atoms with Crippen LogP contribution in [0.4, 0.5) is 0 Å². The molecule has 152 valence electrons. The van der Waals surface area contributed by atoms with Gasteiger partial charge >= 0.3 is 0 Å². The number of nitriles is 1. The van der Waals surface area contributed by atoms with Crippen LogP contribution in [0.2, 0.25) is 0 Å². The van der Waals surface area contributed by atoms with Gasteiger partial charge in [0.05, 0.1) is 22.6 Å². The van der Waals surface area contributed by atoms with Crippen LogP contribution in [-0.2, 0) is 6.54 Å². The van der Waals surface area contributed by atoms with E-state index in [1.165, 1.54) is 0 Å². The average Bonchev–Trinajstić information content (AvgIpc) is 3.57. The molecule has 4 aromatic rings. The molecule has 6 nitrogen and oxygen atoms in total. The minimum absolute atomic E-state index is 0.128. The number of benzene rings is 2. The highest BCUT2D eigenvalue weighted by Gasteiger charge is 2.30. The van der Waals surface area contributed by atoms with Gasteiger partial charge in [-0.15, -0.1) is 0 Å². The zero-order valence-electron chi connectivity index (χ0n) is 17.1. The van der Waals surface area contributed by atoms with Crippen LogP contribution in [0, 0.1) is 11.3 Å². The molecule has 1 fully saturated rings. The lowest BCUT2D eigenvalue weighted by Crippen LogP contribution is -2.26. The number of carbonyl (C=O) groups is 1. The first-order valence-corrected chi connectivity index (χ1v) is 10.2. The lowest BCUT2D eigenvalue weighted by molar-refractivity contribution is 0.0787. The van der Waals surface area contributed by atoms with Crippen molar-refractivity contribution in [1.82, 2.24) is 15.0 Å². The number of hydrogen-bond donors (Lipinski definition) is 0. The van der Waals surface area contributed by atoms with Gasteiger partial charge in [0.2, 0.25) is 0 Å². The number of fused-ring (bicyclic) bond motifs is 1. The molecule has 1 saturated carbocycles. The molecule has 0 radical (unpaired) electrons. The predicted molar refractivity (Wildman–Crippen MR) is 116 cm³/mol. The third-order valence-electron chi connectivity index (χ3n) is 5.56. The molecule has 1 amide bonds. The first-order valence-electron chi connectivity index (χ1n) is 10.2. The Kier molecular flexibility index (Phi) is 4.72. The molecule has 0 bridgehead atoms. The molecule has 0 spiro atoms. The van der Waals surface area contributed by atoms with Gasteiger partial charge in [-0.2, -0.15) is 5.26 Å². The molecule has 0 aliphatic heterocycles.